The van der Waals surface area contributed by atoms with Crippen LogP contribution in [0.3, 0.4) is 0 Å². The first-order valence-corrected chi connectivity index (χ1v) is 15.3. The van der Waals surface area contributed by atoms with Gasteiger partial charge >= 0.3 is 5.97 Å². The number of anilines is 2. The fraction of sp³-hybridized carbons (Fsp3) is 0.171. The predicted molar refractivity (Wildman–Crippen MR) is 177 cm³/mol. The molecule has 0 radical (unpaired) electrons. The summed E-state index contributed by atoms with van der Waals surface area (Å²) in [5, 5.41) is 7.96. The normalized spacial score (nSPS) is 11.6. The number of esters is 1. The van der Waals surface area contributed by atoms with Crippen molar-refractivity contribution in [2.24, 2.45) is 0 Å². The number of aromatic nitrogens is 1. The van der Waals surface area contributed by atoms with Crippen LogP contribution in [-0.4, -0.2) is 40.5 Å². The van der Waals surface area contributed by atoms with E-state index < -0.39 is 17.1 Å². The quantitative estimate of drug-likeness (QED) is 0.0667. The Bertz CT molecular complexity index is 1630. The third-order valence-electron chi connectivity index (χ3n) is 6.44. The Morgan fingerprint density at radius 2 is 1.53 bits per heavy atom. The molecular weight excluding hydrogens is 588 g/mol. The molecule has 0 saturated carbocycles. The first kappa shape index (κ1) is 32.7. The van der Waals surface area contributed by atoms with Crippen LogP contribution in [0.1, 0.15) is 53.0 Å². The monoisotopic (exact) mass is 622 g/mol. The van der Waals surface area contributed by atoms with Gasteiger partial charge < -0.3 is 20.7 Å². The molecule has 3 N–H and O–H groups in total. The topological polar surface area (TPSA) is 126 Å². The molecule has 0 aliphatic rings. The minimum Gasteiger partial charge on any atom is -0.462 e. The van der Waals surface area contributed by atoms with Gasteiger partial charge in [-0.2, -0.15) is 0 Å². The minimum atomic E-state index is -0.503. The number of amides is 3. The van der Waals surface area contributed by atoms with Crippen molar-refractivity contribution in [3.05, 3.63) is 126 Å². The Morgan fingerprint density at radius 1 is 0.844 bits per heavy atom. The van der Waals surface area contributed by atoms with E-state index in [4.69, 9.17) is 4.74 Å². The van der Waals surface area contributed by atoms with Gasteiger partial charge in [0.15, 0.2) is 0 Å². The number of rotatable bonds is 13. The molecule has 3 aromatic carbocycles. The summed E-state index contributed by atoms with van der Waals surface area (Å²) < 4.78 is 5.22. The van der Waals surface area contributed by atoms with Crippen molar-refractivity contribution in [2.45, 2.75) is 36.8 Å². The second-order valence-corrected chi connectivity index (χ2v) is 11.4. The number of hydrogen-bond donors (Lipinski definition) is 3. The lowest BCUT2D eigenvalue weighted by atomic mass is 10.2. The van der Waals surface area contributed by atoms with Gasteiger partial charge in [-0.05, 0) is 91.7 Å². The molecule has 1 aromatic heterocycles. The van der Waals surface area contributed by atoms with Crippen LogP contribution in [0.4, 0.5) is 11.4 Å². The maximum absolute atomic E-state index is 13.2. The summed E-state index contributed by atoms with van der Waals surface area (Å²) in [6, 6.07) is 25.8. The van der Waals surface area contributed by atoms with Gasteiger partial charge in [-0.15, -0.1) is 11.8 Å². The highest BCUT2D eigenvalue weighted by atomic mass is 32.2. The molecular formula is C35H34N4O5S. The number of carbonyl (C=O) groups is 4. The summed E-state index contributed by atoms with van der Waals surface area (Å²) >= 11 is 1.36. The van der Waals surface area contributed by atoms with Crippen molar-refractivity contribution in [1.82, 2.24) is 10.3 Å². The molecule has 3 amide bonds. The maximum Gasteiger partial charge on any atom is 0.338 e. The molecule has 45 heavy (non-hydrogen) atoms. The number of pyridine rings is 1. The Labute approximate surface area is 266 Å². The number of unbranched alkanes of at least 4 members (excludes halogenated alkanes) is 1. The minimum absolute atomic E-state index is 0.0574. The summed E-state index contributed by atoms with van der Waals surface area (Å²) in [4.78, 5) is 55.8. The number of hydrogen-bond acceptors (Lipinski definition) is 7. The van der Waals surface area contributed by atoms with E-state index in [0.29, 0.717) is 34.7 Å². The number of ether oxygens (including phenoxy) is 1. The van der Waals surface area contributed by atoms with Crippen LogP contribution in [0.15, 0.2) is 114 Å². The van der Waals surface area contributed by atoms with Gasteiger partial charge in [-0.25, -0.2) is 4.79 Å². The van der Waals surface area contributed by atoms with Gasteiger partial charge in [0.25, 0.3) is 11.8 Å². The van der Waals surface area contributed by atoms with Gasteiger partial charge in [-0.1, -0.05) is 37.6 Å². The molecule has 0 fully saturated rings. The molecule has 1 unspecified atom stereocenters. The number of nitrogens with one attached hydrogen (secondary N) is 3. The third-order valence-corrected chi connectivity index (χ3v) is 7.55. The van der Waals surface area contributed by atoms with Crippen LogP contribution in [0, 0.1) is 0 Å². The fourth-order valence-electron chi connectivity index (χ4n) is 3.97. The fourth-order valence-corrected chi connectivity index (χ4v) is 4.84. The average molecular weight is 623 g/mol. The van der Waals surface area contributed by atoms with Crippen LogP contribution in [0.5, 0.6) is 0 Å². The lowest BCUT2D eigenvalue weighted by molar-refractivity contribution is -0.115. The number of thioether (sulfide) groups is 1. The van der Waals surface area contributed by atoms with Crippen molar-refractivity contribution >= 4 is 52.9 Å². The first-order chi connectivity index (χ1) is 21.8. The molecule has 0 aliphatic heterocycles. The van der Waals surface area contributed by atoms with Crippen molar-refractivity contribution < 1.29 is 23.9 Å². The highest BCUT2D eigenvalue weighted by Crippen LogP contribution is 2.26. The van der Waals surface area contributed by atoms with Crippen LogP contribution in [-0.2, 0) is 14.3 Å². The zero-order valence-corrected chi connectivity index (χ0v) is 25.8. The van der Waals surface area contributed by atoms with Gasteiger partial charge in [0, 0.05) is 34.2 Å². The van der Waals surface area contributed by atoms with Crippen molar-refractivity contribution in [1.29, 1.82) is 0 Å². The zero-order chi connectivity index (χ0) is 32.0. The summed E-state index contributed by atoms with van der Waals surface area (Å²) in [6.07, 6.45) is 6.52. The molecule has 0 spiro atoms. The summed E-state index contributed by atoms with van der Waals surface area (Å²) in [5.41, 5.74) is 2.64. The molecule has 4 rings (SSSR count). The van der Waals surface area contributed by atoms with Gasteiger partial charge in [-0.3, -0.25) is 19.4 Å². The lowest BCUT2D eigenvalue weighted by Gasteiger charge is -2.14. The second kappa shape index (κ2) is 16.6. The highest BCUT2D eigenvalue weighted by Gasteiger charge is 2.17. The maximum atomic E-state index is 13.2. The molecule has 0 saturated heterocycles. The molecule has 0 aliphatic carbocycles. The lowest BCUT2D eigenvalue weighted by Crippen LogP contribution is -2.30. The number of carbonyl (C=O) groups excluding carboxylic acids is 4. The molecule has 9 nitrogen and oxygen atoms in total. The van der Waals surface area contributed by atoms with Crippen LogP contribution in [0.25, 0.3) is 6.08 Å². The van der Waals surface area contributed by atoms with Crippen LogP contribution in [0.2, 0.25) is 0 Å². The number of benzene rings is 3. The standard InChI is InChI=1S/C35H34N4O5S/c1-3-4-21-44-35(43)27-12-14-28(15-13-27)37-32(40)24(2)45-30-18-16-29(17-19-30)38-34(42)31(22-25-9-8-20-36-23-25)39-33(41)26-10-6-5-7-11-26/h5-20,22-24H,3-4,21H2,1-2H3,(H,37,40)(H,38,42)(H,39,41)/b31-22-. The van der Waals surface area contributed by atoms with Crippen LogP contribution >= 0.6 is 11.8 Å². The smallest absolute Gasteiger partial charge is 0.338 e. The predicted octanol–water partition coefficient (Wildman–Crippen LogP) is 6.57. The second-order valence-electron chi connectivity index (χ2n) is 9.96. The molecule has 1 atom stereocenters. The van der Waals surface area contributed by atoms with E-state index in [2.05, 4.69) is 20.9 Å². The SMILES string of the molecule is CCCCOC(=O)c1ccc(NC(=O)C(C)Sc2ccc(NC(=O)/C(=C/c3cccnc3)NC(=O)c3ccccc3)cc2)cc1. The van der Waals surface area contributed by atoms with E-state index >= 15 is 0 Å². The Kier molecular flexibility index (Phi) is 12.0. The van der Waals surface area contributed by atoms with Gasteiger partial charge in [0.1, 0.15) is 5.70 Å². The average Bonchev–Trinajstić information content (AvgIpc) is 3.06. The summed E-state index contributed by atoms with van der Waals surface area (Å²) in [7, 11) is 0. The van der Waals surface area contributed by atoms with E-state index in [1.807, 2.05) is 6.92 Å². The van der Waals surface area contributed by atoms with E-state index in [1.165, 1.54) is 11.8 Å². The van der Waals surface area contributed by atoms with Crippen molar-refractivity contribution in [3.63, 3.8) is 0 Å². The first-order valence-electron chi connectivity index (χ1n) is 14.5. The van der Waals surface area contributed by atoms with Crippen molar-refractivity contribution in [3.8, 4) is 0 Å². The Morgan fingerprint density at radius 3 is 2.20 bits per heavy atom. The summed E-state index contributed by atoms with van der Waals surface area (Å²) in [5.74, 6) is -1.50. The molecule has 10 heteroatoms. The van der Waals surface area contributed by atoms with Crippen LogP contribution < -0.4 is 16.0 Å². The third kappa shape index (κ3) is 10.2. The van der Waals surface area contributed by atoms with Gasteiger partial charge in [0.05, 0.1) is 17.4 Å². The molecule has 230 valence electrons. The van der Waals surface area contributed by atoms with Crippen molar-refractivity contribution in [2.75, 3.05) is 17.2 Å². The van der Waals surface area contributed by atoms with E-state index in [0.717, 1.165) is 17.7 Å². The molecule has 1 heterocycles. The van der Waals surface area contributed by atoms with E-state index in [1.54, 1.807) is 116 Å². The zero-order valence-electron chi connectivity index (χ0n) is 25.0. The number of nitrogens with zero attached hydrogens (tertiary/aromatic N) is 1. The Hall–Kier alpha value is -5.22. The Balaban J connectivity index is 1.34. The molecule has 4 aromatic rings. The van der Waals surface area contributed by atoms with E-state index in [9.17, 15) is 19.2 Å². The largest absolute Gasteiger partial charge is 0.462 e. The molecule has 0 bridgehead atoms. The van der Waals surface area contributed by atoms with Gasteiger partial charge in [0.2, 0.25) is 5.91 Å². The highest BCUT2D eigenvalue weighted by molar-refractivity contribution is 8.00. The van der Waals surface area contributed by atoms with E-state index in [-0.39, 0.29) is 17.6 Å². The summed E-state index contributed by atoms with van der Waals surface area (Å²) in [6.45, 7) is 4.20.